The number of rotatable bonds is 5. The van der Waals surface area contributed by atoms with Gasteiger partial charge in [0.25, 0.3) is 0 Å². The molecule has 0 unspecified atom stereocenters. The van der Waals surface area contributed by atoms with Crippen LogP contribution in [0.1, 0.15) is 5.56 Å². The third-order valence-electron chi connectivity index (χ3n) is 2.90. The van der Waals surface area contributed by atoms with E-state index in [1.165, 1.54) is 12.3 Å². The number of pyridine rings is 1. The summed E-state index contributed by atoms with van der Waals surface area (Å²) in [6.45, 7) is 0.198. The second kappa shape index (κ2) is 7.87. The van der Waals surface area contributed by atoms with Crippen LogP contribution in [0, 0.1) is 0 Å². The maximum atomic E-state index is 12.8. The van der Waals surface area contributed by atoms with Gasteiger partial charge in [-0.3, -0.25) is 0 Å². The molecule has 24 heavy (non-hydrogen) atoms. The number of nitrogens with zero attached hydrogens (tertiary/aromatic N) is 1. The van der Waals surface area contributed by atoms with Gasteiger partial charge in [-0.1, -0.05) is 17.7 Å². The first-order chi connectivity index (χ1) is 11.4. The molecule has 2 aromatic rings. The quantitative estimate of drug-likeness (QED) is 0.708. The Bertz CT molecular complexity index is 709. The van der Waals surface area contributed by atoms with Gasteiger partial charge in [0.2, 0.25) is 0 Å². The van der Waals surface area contributed by atoms with Crippen LogP contribution in [-0.2, 0) is 6.18 Å². The minimum Gasteiger partial charge on any atom is -0.368 e. The van der Waals surface area contributed by atoms with Gasteiger partial charge in [-0.15, -0.1) is 0 Å². The van der Waals surface area contributed by atoms with Crippen molar-refractivity contribution in [1.29, 1.82) is 0 Å². The number of halogens is 4. The van der Waals surface area contributed by atoms with Crippen molar-refractivity contribution in [1.82, 2.24) is 10.3 Å². The molecule has 2 rings (SSSR count). The number of carbonyl (C=O) groups excluding carboxylic acids is 1. The van der Waals surface area contributed by atoms with E-state index in [9.17, 15) is 18.0 Å². The Hall–Kier alpha value is -2.48. The van der Waals surface area contributed by atoms with Crippen LogP contribution in [-0.4, -0.2) is 24.1 Å². The van der Waals surface area contributed by atoms with Crippen LogP contribution in [0.25, 0.3) is 0 Å². The number of anilines is 2. The van der Waals surface area contributed by atoms with E-state index < -0.39 is 17.8 Å². The summed E-state index contributed by atoms with van der Waals surface area (Å²) in [5, 5.41) is 8.10. The molecule has 0 aliphatic rings. The molecule has 0 spiro atoms. The van der Waals surface area contributed by atoms with E-state index in [-0.39, 0.29) is 18.9 Å². The number of amides is 2. The molecule has 0 saturated carbocycles. The fourth-order valence-corrected chi connectivity index (χ4v) is 2.06. The zero-order valence-corrected chi connectivity index (χ0v) is 13.1. The lowest BCUT2D eigenvalue weighted by Crippen LogP contribution is -2.33. The first-order valence-electron chi connectivity index (χ1n) is 6.93. The summed E-state index contributed by atoms with van der Waals surface area (Å²) in [7, 11) is 0. The average Bonchev–Trinajstić information content (AvgIpc) is 2.51. The van der Waals surface area contributed by atoms with Crippen LogP contribution in [0.3, 0.4) is 0 Å². The van der Waals surface area contributed by atoms with E-state index in [4.69, 9.17) is 11.6 Å². The van der Waals surface area contributed by atoms with Gasteiger partial charge in [-0.2, -0.15) is 13.2 Å². The fourth-order valence-electron chi connectivity index (χ4n) is 1.87. The minimum absolute atomic E-state index is 0.0864. The molecule has 9 heteroatoms. The van der Waals surface area contributed by atoms with Crippen molar-refractivity contribution in [2.75, 3.05) is 23.7 Å². The molecule has 2 amide bonds. The van der Waals surface area contributed by atoms with Gasteiger partial charge in [0.05, 0.1) is 5.56 Å². The SMILES string of the molecule is O=C(NCCNc1ncccc1C(F)(F)F)Nc1cccc(Cl)c1. The number of nitrogens with one attached hydrogen (secondary N) is 3. The molecule has 0 bridgehead atoms. The molecule has 0 aliphatic carbocycles. The van der Waals surface area contributed by atoms with E-state index in [0.717, 1.165) is 6.07 Å². The zero-order chi connectivity index (χ0) is 17.6. The number of carbonyl (C=O) groups is 1. The Morgan fingerprint density at radius 1 is 1.17 bits per heavy atom. The number of aromatic nitrogens is 1. The maximum Gasteiger partial charge on any atom is 0.419 e. The number of benzene rings is 1. The minimum atomic E-state index is -4.49. The topological polar surface area (TPSA) is 66.0 Å². The van der Waals surface area contributed by atoms with Gasteiger partial charge in [0.1, 0.15) is 5.82 Å². The molecule has 3 N–H and O–H groups in total. The van der Waals surface area contributed by atoms with Gasteiger partial charge < -0.3 is 16.0 Å². The smallest absolute Gasteiger partial charge is 0.368 e. The summed E-state index contributed by atoms with van der Waals surface area (Å²) < 4.78 is 38.4. The van der Waals surface area contributed by atoms with E-state index in [0.29, 0.717) is 10.7 Å². The lowest BCUT2D eigenvalue weighted by Gasteiger charge is -2.13. The van der Waals surface area contributed by atoms with Gasteiger partial charge in [0, 0.05) is 30.0 Å². The summed E-state index contributed by atoms with van der Waals surface area (Å²) in [6.07, 6.45) is -3.23. The molecule has 5 nitrogen and oxygen atoms in total. The molecule has 0 saturated heterocycles. The lowest BCUT2D eigenvalue weighted by molar-refractivity contribution is -0.137. The molecular formula is C15H14ClF3N4O. The predicted octanol–water partition coefficient (Wildman–Crippen LogP) is 3.99. The molecule has 0 atom stereocenters. The van der Waals surface area contributed by atoms with Crippen LogP contribution in [0.15, 0.2) is 42.6 Å². The van der Waals surface area contributed by atoms with Crippen LogP contribution >= 0.6 is 11.6 Å². The maximum absolute atomic E-state index is 12.8. The van der Waals surface area contributed by atoms with Crippen molar-refractivity contribution in [2.45, 2.75) is 6.18 Å². The first kappa shape index (κ1) is 17.9. The number of hydrogen-bond donors (Lipinski definition) is 3. The Morgan fingerprint density at radius 3 is 2.67 bits per heavy atom. The Morgan fingerprint density at radius 2 is 1.96 bits per heavy atom. The van der Waals surface area contributed by atoms with E-state index in [2.05, 4.69) is 20.9 Å². The van der Waals surface area contributed by atoms with Crippen LogP contribution < -0.4 is 16.0 Å². The summed E-state index contributed by atoms with van der Waals surface area (Å²) in [4.78, 5) is 15.3. The lowest BCUT2D eigenvalue weighted by atomic mass is 10.2. The van der Waals surface area contributed by atoms with Crippen LogP contribution in [0.4, 0.5) is 29.5 Å². The Balaban J connectivity index is 1.80. The van der Waals surface area contributed by atoms with Gasteiger partial charge in [-0.05, 0) is 30.3 Å². The third kappa shape index (κ3) is 5.31. The van der Waals surface area contributed by atoms with E-state index >= 15 is 0 Å². The van der Waals surface area contributed by atoms with Crippen molar-refractivity contribution in [3.63, 3.8) is 0 Å². The molecule has 0 aliphatic heterocycles. The van der Waals surface area contributed by atoms with Crippen LogP contribution in [0.2, 0.25) is 5.02 Å². The number of hydrogen-bond acceptors (Lipinski definition) is 3. The predicted molar refractivity (Wildman–Crippen MR) is 86.2 cm³/mol. The Labute approximate surface area is 141 Å². The highest BCUT2D eigenvalue weighted by Gasteiger charge is 2.33. The highest BCUT2D eigenvalue weighted by Crippen LogP contribution is 2.33. The Kier molecular flexibility index (Phi) is 5.86. The van der Waals surface area contributed by atoms with Gasteiger partial charge in [-0.25, -0.2) is 9.78 Å². The van der Waals surface area contributed by atoms with E-state index in [1.54, 1.807) is 24.3 Å². The van der Waals surface area contributed by atoms with Crippen molar-refractivity contribution in [3.8, 4) is 0 Å². The average molecular weight is 359 g/mol. The highest BCUT2D eigenvalue weighted by molar-refractivity contribution is 6.30. The molecule has 0 fully saturated rings. The van der Waals surface area contributed by atoms with Crippen molar-refractivity contribution < 1.29 is 18.0 Å². The molecule has 128 valence electrons. The first-order valence-corrected chi connectivity index (χ1v) is 7.30. The van der Waals surface area contributed by atoms with E-state index in [1.807, 2.05) is 0 Å². The fraction of sp³-hybridized carbons (Fsp3) is 0.200. The van der Waals surface area contributed by atoms with Gasteiger partial charge in [0.15, 0.2) is 0 Å². The second-order valence-electron chi connectivity index (χ2n) is 4.72. The number of alkyl halides is 3. The van der Waals surface area contributed by atoms with Crippen molar-refractivity contribution in [3.05, 3.63) is 53.2 Å². The highest BCUT2D eigenvalue weighted by atomic mass is 35.5. The zero-order valence-electron chi connectivity index (χ0n) is 12.3. The third-order valence-corrected chi connectivity index (χ3v) is 3.13. The monoisotopic (exact) mass is 358 g/mol. The second-order valence-corrected chi connectivity index (χ2v) is 5.15. The summed E-state index contributed by atoms with van der Waals surface area (Å²) in [5.74, 6) is -0.276. The molecule has 0 radical (unpaired) electrons. The summed E-state index contributed by atoms with van der Waals surface area (Å²) in [6, 6.07) is 8.24. The molecular weight excluding hydrogens is 345 g/mol. The largest absolute Gasteiger partial charge is 0.419 e. The summed E-state index contributed by atoms with van der Waals surface area (Å²) >= 11 is 5.79. The summed E-state index contributed by atoms with van der Waals surface area (Å²) in [5.41, 5.74) is -0.342. The molecule has 1 aromatic heterocycles. The molecule has 1 heterocycles. The molecule has 1 aromatic carbocycles. The van der Waals surface area contributed by atoms with Crippen molar-refractivity contribution in [2.24, 2.45) is 0 Å². The normalized spacial score (nSPS) is 11.0. The van der Waals surface area contributed by atoms with Crippen molar-refractivity contribution >= 4 is 29.1 Å². The number of urea groups is 1. The van der Waals surface area contributed by atoms with Gasteiger partial charge >= 0.3 is 12.2 Å². The van der Waals surface area contributed by atoms with Crippen LogP contribution in [0.5, 0.6) is 0 Å². The standard InChI is InChI=1S/C15H14ClF3N4O/c16-10-3-1-4-11(9-10)23-14(24)22-8-7-21-13-12(15(17,18)19)5-2-6-20-13/h1-6,9H,7-8H2,(H,20,21)(H2,22,23,24).